The Hall–Kier alpha value is -1.64. The summed E-state index contributed by atoms with van der Waals surface area (Å²) >= 11 is 0. The van der Waals surface area contributed by atoms with E-state index in [1.165, 1.54) is 6.92 Å². The van der Waals surface area contributed by atoms with Crippen molar-refractivity contribution in [3.63, 3.8) is 0 Å². The number of rotatable bonds is 5. The largest absolute Gasteiger partial charge is 0.466 e. The molecular weight excluding hydrogens is 305 g/mol. The van der Waals surface area contributed by atoms with Crippen LogP contribution in [0.5, 0.6) is 0 Å². The van der Waals surface area contributed by atoms with E-state index in [0.717, 1.165) is 0 Å². The SMILES string of the molecule is CCOC(=O)CC(=O)N1N=C(CC(C)C)CC1(O)C(F)(F)F. The fourth-order valence-electron chi connectivity index (χ4n) is 2.10. The van der Waals surface area contributed by atoms with Gasteiger partial charge < -0.3 is 9.84 Å². The normalized spacial score (nSPS) is 22.0. The van der Waals surface area contributed by atoms with Crippen LogP contribution in [-0.2, 0) is 14.3 Å². The van der Waals surface area contributed by atoms with Crippen LogP contribution in [-0.4, -0.2) is 46.2 Å². The molecule has 0 aromatic rings. The first-order chi connectivity index (χ1) is 10.0. The number of aliphatic hydroxyl groups is 1. The number of alkyl halides is 3. The van der Waals surface area contributed by atoms with Crippen molar-refractivity contribution in [3.05, 3.63) is 0 Å². The third-order valence-corrected chi connectivity index (χ3v) is 2.98. The number of amides is 1. The number of carbonyl (C=O) groups excluding carboxylic acids is 2. The summed E-state index contributed by atoms with van der Waals surface area (Å²) < 4.78 is 43.9. The van der Waals surface area contributed by atoms with Crippen LogP contribution in [0.2, 0.25) is 0 Å². The number of nitrogens with zero attached hydrogens (tertiary/aromatic N) is 2. The summed E-state index contributed by atoms with van der Waals surface area (Å²) in [5.74, 6) is -2.21. The van der Waals surface area contributed by atoms with Crippen LogP contribution in [0.15, 0.2) is 5.10 Å². The zero-order chi connectivity index (χ0) is 17.1. The van der Waals surface area contributed by atoms with Gasteiger partial charge in [-0.05, 0) is 19.3 Å². The molecule has 0 saturated heterocycles. The van der Waals surface area contributed by atoms with E-state index in [2.05, 4.69) is 9.84 Å². The monoisotopic (exact) mass is 324 g/mol. The molecular formula is C13H19F3N2O4. The van der Waals surface area contributed by atoms with Gasteiger partial charge in [0.05, 0.1) is 6.61 Å². The van der Waals surface area contributed by atoms with Crippen LogP contribution >= 0.6 is 0 Å². The van der Waals surface area contributed by atoms with E-state index in [1.807, 2.05) is 0 Å². The standard InChI is InChI=1S/C13H19F3N2O4/c1-4-22-11(20)6-10(19)18-12(21,13(14,15)16)7-9(17-18)5-8(2)3/h8,21H,4-7H2,1-3H3. The van der Waals surface area contributed by atoms with E-state index in [-0.39, 0.29) is 29.7 Å². The Bertz CT molecular complexity index is 476. The van der Waals surface area contributed by atoms with Gasteiger partial charge in [0.25, 0.3) is 11.6 Å². The molecule has 0 saturated carbocycles. The highest BCUT2D eigenvalue weighted by atomic mass is 19.4. The molecule has 0 aromatic heterocycles. The highest BCUT2D eigenvalue weighted by Gasteiger charge is 2.63. The lowest BCUT2D eigenvalue weighted by atomic mass is 9.99. The highest BCUT2D eigenvalue weighted by Crippen LogP contribution is 2.41. The van der Waals surface area contributed by atoms with Gasteiger partial charge in [-0.3, -0.25) is 9.59 Å². The molecule has 0 bridgehead atoms. The van der Waals surface area contributed by atoms with Crippen molar-refractivity contribution in [1.82, 2.24) is 5.01 Å². The topological polar surface area (TPSA) is 79.2 Å². The Kier molecular flexibility index (Phi) is 5.55. The van der Waals surface area contributed by atoms with Crippen molar-refractivity contribution >= 4 is 17.6 Å². The Morgan fingerprint density at radius 2 is 2.05 bits per heavy atom. The first-order valence-electron chi connectivity index (χ1n) is 6.85. The Morgan fingerprint density at radius 1 is 1.45 bits per heavy atom. The van der Waals surface area contributed by atoms with Crippen molar-refractivity contribution in [2.24, 2.45) is 11.0 Å². The van der Waals surface area contributed by atoms with Crippen LogP contribution in [0.25, 0.3) is 0 Å². The van der Waals surface area contributed by atoms with Crippen molar-refractivity contribution in [2.45, 2.75) is 51.9 Å². The molecule has 1 heterocycles. The predicted molar refractivity (Wildman–Crippen MR) is 70.6 cm³/mol. The summed E-state index contributed by atoms with van der Waals surface area (Å²) in [4.78, 5) is 23.1. The lowest BCUT2D eigenvalue weighted by molar-refractivity contribution is -0.302. The third kappa shape index (κ3) is 3.96. The molecule has 0 aliphatic carbocycles. The second kappa shape index (κ2) is 6.64. The molecule has 1 aliphatic heterocycles. The first-order valence-corrected chi connectivity index (χ1v) is 6.85. The number of halogens is 3. The Morgan fingerprint density at radius 3 is 2.50 bits per heavy atom. The molecule has 1 amide bonds. The first kappa shape index (κ1) is 18.4. The van der Waals surface area contributed by atoms with E-state index in [0.29, 0.717) is 0 Å². The van der Waals surface area contributed by atoms with Crippen LogP contribution in [0.1, 0.15) is 40.0 Å². The molecule has 6 nitrogen and oxygen atoms in total. The molecule has 1 atom stereocenters. The lowest BCUT2D eigenvalue weighted by Gasteiger charge is -2.32. The summed E-state index contributed by atoms with van der Waals surface area (Å²) in [5.41, 5.74) is -3.35. The summed E-state index contributed by atoms with van der Waals surface area (Å²) in [6, 6.07) is 0. The molecule has 1 rings (SSSR count). The highest BCUT2D eigenvalue weighted by molar-refractivity contribution is 5.97. The average molecular weight is 324 g/mol. The van der Waals surface area contributed by atoms with Crippen molar-refractivity contribution in [1.29, 1.82) is 0 Å². The fourth-order valence-corrected chi connectivity index (χ4v) is 2.10. The molecule has 0 radical (unpaired) electrons. The molecule has 0 spiro atoms. The Labute approximate surface area is 125 Å². The average Bonchev–Trinajstić information content (AvgIpc) is 2.66. The minimum Gasteiger partial charge on any atom is -0.466 e. The molecule has 9 heteroatoms. The van der Waals surface area contributed by atoms with E-state index in [1.54, 1.807) is 13.8 Å². The van der Waals surface area contributed by atoms with E-state index in [9.17, 15) is 27.9 Å². The smallest absolute Gasteiger partial charge is 0.438 e. The summed E-state index contributed by atoms with van der Waals surface area (Å²) in [7, 11) is 0. The zero-order valence-corrected chi connectivity index (χ0v) is 12.6. The maximum absolute atomic E-state index is 13.1. The molecule has 126 valence electrons. The molecule has 1 unspecified atom stereocenters. The van der Waals surface area contributed by atoms with Crippen LogP contribution in [0, 0.1) is 5.92 Å². The molecule has 0 fully saturated rings. The van der Waals surface area contributed by atoms with E-state index >= 15 is 0 Å². The van der Waals surface area contributed by atoms with Gasteiger partial charge in [0, 0.05) is 12.1 Å². The van der Waals surface area contributed by atoms with Crippen molar-refractivity contribution < 1.29 is 32.6 Å². The van der Waals surface area contributed by atoms with Crippen molar-refractivity contribution in [2.75, 3.05) is 6.61 Å². The van der Waals surface area contributed by atoms with Gasteiger partial charge in [0.15, 0.2) is 0 Å². The lowest BCUT2D eigenvalue weighted by Crippen LogP contribution is -2.57. The number of hydrogen-bond donors (Lipinski definition) is 1. The van der Waals surface area contributed by atoms with Gasteiger partial charge >= 0.3 is 12.1 Å². The van der Waals surface area contributed by atoms with Gasteiger partial charge in [-0.1, -0.05) is 13.8 Å². The second-order valence-electron chi connectivity index (χ2n) is 5.44. The molecule has 1 aliphatic rings. The molecule has 1 N–H and O–H groups in total. The predicted octanol–water partition coefficient (Wildman–Crippen LogP) is 1.82. The Balaban J connectivity index is 3.00. The second-order valence-corrected chi connectivity index (χ2v) is 5.44. The van der Waals surface area contributed by atoms with Gasteiger partial charge in [-0.15, -0.1) is 0 Å². The zero-order valence-electron chi connectivity index (χ0n) is 12.6. The van der Waals surface area contributed by atoms with Gasteiger partial charge in [0.1, 0.15) is 6.42 Å². The number of carbonyl (C=O) groups is 2. The fraction of sp³-hybridized carbons (Fsp3) is 0.769. The van der Waals surface area contributed by atoms with E-state index < -0.39 is 36.6 Å². The summed E-state index contributed by atoms with van der Waals surface area (Å²) in [5, 5.41) is 13.4. The molecule has 0 aromatic carbocycles. The third-order valence-electron chi connectivity index (χ3n) is 2.98. The van der Waals surface area contributed by atoms with E-state index in [4.69, 9.17) is 0 Å². The maximum atomic E-state index is 13.1. The number of hydrazone groups is 1. The number of hydrogen-bond acceptors (Lipinski definition) is 5. The van der Waals surface area contributed by atoms with Gasteiger partial charge in [0.2, 0.25) is 0 Å². The minimum atomic E-state index is -5.08. The van der Waals surface area contributed by atoms with Crippen LogP contribution in [0.4, 0.5) is 13.2 Å². The summed E-state index contributed by atoms with van der Waals surface area (Å²) in [6.45, 7) is 5.05. The van der Waals surface area contributed by atoms with Crippen molar-refractivity contribution in [3.8, 4) is 0 Å². The molecule has 22 heavy (non-hydrogen) atoms. The number of ether oxygens (including phenoxy) is 1. The van der Waals surface area contributed by atoms with Crippen LogP contribution in [0.3, 0.4) is 0 Å². The summed E-state index contributed by atoms with van der Waals surface area (Å²) in [6.07, 6.45) is -6.60. The number of esters is 1. The minimum absolute atomic E-state index is 0.00246. The quantitative estimate of drug-likeness (QED) is 0.618. The van der Waals surface area contributed by atoms with Gasteiger partial charge in [-0.2, -0.15) is 23.3 Å². The van der Waals surface area contributed by atoms with Gasteiger partial charge in [-0.25, -0.2) is 0 Å². The van der Waals surface area contributed by atoms with Crippen LogP contribution < -0.4 is 0 Å². The maximum Gasteiger partial charge on any atom is 0.438 e.